The maximum atomic E-state index is 4.80. The Balaban J connectivity index is 1.51. The summed E-state index contributed by atoms with van der Waals surface area (Å²) in [6.07, 6.45) is 3.09. The van der Waals surface area contributed by atoms with E-state index >= 15 is 0 Å². The van der Waals surface area contributed by atoms with Crippen molar-refractivity contribution in [3.8, 4) is 22.5 Å². The van der Waals surface area contributed by atoms with Crippen LogP contribution in [-0.2, 0) is 13.1 Å². The minimum atomic E-state index is 0.954. The molecule has 152 valence electrons. The molecule has 0 unspecified atom stereocenters. The number of aromatic nitrogens is 2. The molecule has 0 atom stereocenters. The molecule has 4 aromatic rings. The molecule has 0 fully saturated rings. The first kappa shape index (κ1) is 20.1. The number of rotatable bonds is 9. The van der Waals surface area contributed by atoms with Gasteiger partial charge in [0.15, 0.2) is 0 Å². The van der Waals surface area contributed by atoms with Crippen LogP contribution in [0.4, 0.5) is 0 Å². The second-order valence-electron chi connectivity index (χ2n) is 7.58. The van der Waals surface area contributed by atoms with Crippen molar-refractivity contribution < 1.29 is 0 Å². The lowest BCUT2D eigenvalue weighted by Crippen LogP contribution is -2.25. The summed E-state index contributed by atoms with van der Waals surface area (Å²) in [7, 11) is 0. The summed E-state index contributed by atoms with van der Waals surface area (Å²) in [6, 6.07) is 31.8. The summed E-state index contributed by atoms with van der Waals surface area (Å²) in [5.74, 6) is 0. The largest absolute Gasteiger partial charge is 0.330 e. The predicted molar refractivity (Wildman–Crippen MR) is 125 cm³/mol. The van der Waals surface area contributed by atoms with E-state index in [9.17, 15) is 0 Å². The van der Waals surface area contributed by atoms with Gasteiger partial charge in [-0.25, -0.2) is 4.98 Å². The lowest BCUT2D eigenvalue weighted by atomic mass is 10.0. The van der Waals surface area contributed by atoms with Gasteiger partial charge in [-0.1, -0.05) is 97.9 Å². The Morgan fingerprint density at radius 1 is 0.767 bits per heavy atom. The molecule has 3 nitrogen and oxygen atoms in total. The minimum Gasteiger partial charge on any atom is -0.330 e. The number of hydrogen-bond acceptors (Lipinski definition) is 2. The van der Waals surface area contributed by atoms with Crippen LogP contribution in [0.5, 0.6) is 0 Å². The van der Waals surface area contributed by atoms with Crippen LogP contribution < -0.4 is 0 Å². The van der Waals surface area contributed by atoms with Crippen molar-refractivity contribution in [1.82, 2.24) is 14.5 Å². The molecule has 0 bridgehead atoms. The van der Waals surface area contributed by atoms with E-state index in [4.69, 9.17) is 4.98 Å². The molecule has 0 N–H and O–H groups in total. The summed E-state index contributed by atoms with van der Waals surface area (Å²) in [4.78, 5) is 7.30. The molecule has 3 aromatic carbocycles. The lowest BCUT2D eigenvalue weighted by molar-refractivity contribution is 0.271. The van der Waals surface area contributed by atoms with E-state index in [0.717, 1.165) is 43.9 Å². The van der Waals surface area contributed by atoms with Gasteiger partial charge in [0, 0.05) is 30.8 Å². The van der Waals surface area contributed by atoms with Gasteiger partial charge in [0.1, 0.15) is 0 Å². The first-order chi connectivity index (χ1) is 14.8. The Morgan fingerprint density at radius 3 is 2.00 bits per heavy atom. The third-order valence-corrected chi connectivity index (χ3v) is 5.50. The number of benzene rings is 3. The summed E-state index contributed by atoms with van der Waals surface area (Å²) in [5, 5.41) is 0. The van der Waals surface area contributed by atoms with Crippen molar-refractivity contribution in [2.24, 2.45) is 0 Å². The summed E-state index contributed by atoms with van der Waals surface area (Å²) in [6.45, 7) is 6.32. The Bertz CT molecular complexity index is 1020. The van der Waals surface area contributed by atoms with E-state index in [-0.39, 0.29) is 0 Å². The molecule has 30 heavy (non-hydrogen) atoms. The van der Waals surface area contributed by atoms with Crippen LogP contribution in [0, 0.1) is 0 Å². The molecule has 4 rings (SSSR count). The predicted octanol–water partition coefficient (Wildman–Crippen LogP) is 6.13. The molecule has 3 heteroatoms. The summed E-state index contributed by atoms with van der Waals surface area (Å²) >= 11 is 0. The molecular weight excluding hydrogens is 366 g/mol. The van der Waals surface area contributed by atoms with Gasteiger partial charge in [-0.05, 0) is 18.5 Å². The molecule has 0 saturated carbocycles. The van der Waals surface area contributed by atoms with Crippen LogP contribution >= 0.6 is 0 Å². The highest BCUT2D eigenvalue weighted by molar-refractivity contribution is 5.78. The molecule has 1 aromatic heterocycles. The Morgan fingerprint density at radius 2 is 1.37 bits per heavy atom. The molecule has 1 heterocycles. The number of imidazole rings is 1. The minimum absolute atomic E-state index is 0.954. The molecule has 0 spiro atoms. The highest BCUT2D eigenvalue weighted by atomic mass is 15.1. The highest BCUT2D eigenvalue weighted by Crippen LogP contribution is 2.31. The molecule has 0 saturated heterocycles. The van der Waals surface area contributed by atoms with Gasteiger partial charge >= 0.3 is 0 Å². The average molecular weight is 396 g/mol. The third kappa shape index (κ3) is 4.87. The first-order valence-corrected chi connectivity index (χ1v) is 10.8. The normalized spacial score (nSPS) is 11.1. The van der Waals surface area contributed by atoms with Gasteiger partial charge in [0.2, 0.25) is 0 Å². The second-order valence-corrected chi connectivity index (χ2v) is 7.58. The number of aryl methyl sites for hydroxylation is 1. The van der Waals surface area contributed by atoms with Crippen LogP contribution in [0.15, 0.2) is 97.3 Å². The zero-order valence-corrected chi connectivity index (χ0v) is 17.6. The molecule has 0 aliphatic heterocycles. The van der Waals surface area contributed by atoms with Crippen molar-refractivity contribution in [1.29, 1.82) is 0 Å². The fourth-order valence-corrected chi connectivity index (χ4v) is 3.91. The van der Waals surface area contributed by atoms with Gasteiger partial charge in [-0.3, -0.25) is 4.90 Å². The van der Waals surface area contributed by atoms with E-state index in [1.807, 2.05) is 6.33 Å². The van der Waals surface area contributed by atoms with Gasteiger partial charge in [0.05, 0.1) is 17.7 Å². The van der Waals surface area contributed by atoms with Crippen molar-refractivity contribution in [3.05, 3.63) is 103 Å². The Kier molecular flexibility index (Phi) is 6.73. The van der Waals surface area contributed by atoms with Crippen LogP contribution in [-0.4, -0.2) is 27.5 Å². The van der Waals surface area contributed by atoms with Crippen molar-refractivity contribution >= 4 is 0 Å². The van der Waals surface area contributed by atoms with E-state index < -0.39 is 0 Å². The second kappa shape index (κ2) is 10.0. The molecule has 0 amide bonds. The fraction of sp³-hybridized carbons (Fsp3) is 0.222. The fourth-order valence-electron chi connectivity index (χ4n) is 3.91. The molecule has 0 aliphatic rings. The third-order valence-electron chi connectivity index (χ3n) is 5.50. The topological polar surface area (TPSA) is 21.1 Å². The Hall–Kier alpha value is -3.17. The van der Waals surface area contributed by atoms with Gasteiger partial charge in [-0.2, -0.15) is 0 Å². The molecular formula is C27H29N3. The Labute approximate surface area is 179 Å². The maximum absolute atomic E-state index is 4.80. The van der Waals surface area contributed by atoms with E-state index in [2.05, 4.69) is 107 Å². The SMILES string of the molecule is CCN(CCCn1cnc(-c2ccccc2)c1-c1ccccc1)Cc1ccccc1. The first-order valence-electron chi connectivity index (χ1n) is 10.8. The van der Waals surface area contributed by atoms with Gasteiger partial charge in [-0.15, -0.1) is 0 Å². The summed E-state index contributed by atoms with van der Waals surface area (Å²) < 4.78 is 2.31. The van der Waals surface area contributed by atoms with Crippen molar-refractivity contribution in [2.75, 3.05) is 13.1 Å². The average Bonchev–Trinajstić information content (AvgIpc) is 3.24. The van der Waals surface area contributed by atoms with Crippen molar-refractivity contribution in [2.45, 2.75) is 26.4 Å². The highest BCUT2D eigenvalue weighted by Gasteiger charge is 2.15. The van der Waals surface area contributed by atoms with E-state index in [0.29, 0.717) is 0 Å². The monoisotopic (exact) mass is 395 g/mol. The number of hydrogen-bond donors (Lipinski definition) is 0. The van der Waals surface area contributed by atoms with E-state index in [1.54, 1.807) is 0 Å². The van der Waals surface area contributed by atoms with Crippen LogP contribution in [0.1, 0.15) is 18.9 Å². The quantitative estimate of drug-likeness (QED) is 0.340. The van der Waals surface area contributed by atoms with Crippen LogP contribution in [0.3, 0.4) is 0 Å². The number of nitrogens with zero attached hydrogens (tertiary/aromatic N) is 3. The molecule has 0 aliphatic carbocycles. The lowest BCUT2D eigenvalue weighted by Gasteiger charge is -2.21. The maximum Gasteiger partial charge on any atom is 0.0963 e. The van der Waals surface area contributed by atoms with Gasteiger partial charge < -0.3 is 4.57 Å². The van der Waals surface area contributed by atoms with Crippen LogP contribution in [0.2, 0.25) is 0 Å². The van der Waals surface area contributed by atoms with E-state index in [1.165, 1.54) is 16.8 Å². The van der Waals surface area contributed by atoms with Crippen LogP contribution in [0.25, 0.3) is 22.5 Å². The smallest absolute Gasteiger partial charge is 0.0963 e. The standard InChI is InChI=1S/C27H29N3/c1-2-29(21-23-13-6-3-7-14-23)19-12-20-30-22-28-26(24-15-8-4-9-16-24)27(30)25-17-10-5-11-18-25/h3-11,13-18,22H,2,12,19-21H2,1H3. The summed E-state index contributed by atoms with van der Waals surface area (Å²) in [5.41, 5.74) is 6.00. The van der Waals surface area contributed by atoms with Gasteiger partial charge in [0.25, 0.3) is 0 Å². The molecule has 0 radical (unpaired) electrons. The van der Waals surface area contributed by atoms with Crippen molar-refractivity contribution in [3.63, 3.8) is 0 Å². The zero-order chi connectivity index (χ0) is 20.6. The zero-order valence-electron chi connectivity index (χ0n) is 17.6.